The molecule has 18 heavy (non-hydrogen) atoms. The van der Waals surface area contributed by atoms with Gasteiger partial charge >= 0.3 is 0 Å². The van der Waals surface area contributed by atoms with E-state index in [1.54, 1.807) is 6.26 Å². The van der Waals surface area contributed by atoms with Gasteiger partial charge in [-0.2, -0.15) is 0 Å². The van der Waals surface area contributed by atoms with E-state index < -0.39 is 0 Å². The Morgan fingerprint density at radius 1 is 1.06 bits per heavy atom. The number of fused-ring (bicyclic) bond motifs is 1. The monoisotopic (exact) mass is 246 g/mol. The molecular weight excluding hydrogens is 224 g/mol. The number of aryl methyl sites for hydroxylation is 1. The van der Waals surface area contributed by atoms with Gasteiger partial charge in [-0.15, -0.1) is 0 Å². The van der Waals surface area contributed by atoms with Crippen molar-refractivity contribution in [3.05, 3.63) is 30.0 Å². The molecule has 2 rings (SSSR count). The van der Waals surface area contributed by atoms with E-state index in [1.165, 1.54) is 44.1 Å². The molecule has 2 aromatic rings. The lowest BCUT2D eigenvalue weighted by molar-refractivity contribution is 0.338. The van der Waals surface area contributed by atoms with Crippen LogP contribution in [0.5, 0.6) is 5.95 Å². The van der Waals surface area contributed by atoms with Crippen LogP contribution >= 0.6 is 0 Å². The fraction of sp³-hybridized carbons (Fsp3) is 0.500. The minimum Gasteiger partial charge on any atom is -0.480 e. The molecule has 0 aliphatic carbocycles. The van der Waals surface area contributed by atoms with Gasteiger partial charge in [-0.3, -0.25) is 0 Å². The molecule has 2 heteroatoms. The quantitative estimate of drug-likeness (QED) is 0.694. The summed E-state index contributed by atoms with van der Waals surface area (Å²) < 4.78 is 5.00. The minimum absolute atomic E-state index is 0.0242. The van der Waals surface area contributed by atoms with Crippen molar-refractivity contribution in [2.75, 3.05) is 0 Å². The molecule has 0 saturated heterocycles. The zero-order chi connectivity index (χ0) is 12.8. The van der Waals surface area contributed by atoms with Crippen LogP contribution in [0.2, 0.25) is 0 Å². The summed E-state index contributed by atoms with van der Waals surface area (Å²) >= 11 is 0. The first-order valence-electron chi connectivity index (χ1n) is 7.00. The van der Waals surface area contributed by atoms with Crippen molar-refractivity contribution in [3.8, 4) is 5.95 Å². The molecule has 1 heterocycles. The number of rotatable bonds is 7. The average molecular weight is 246 g/mol. The Kier molecular flexibility index (Phi) is 4.68. The van der Waals surface area contributed by atoms with E-state index in [0.717, 1.165) is 17.2 Å². The second kappa shape index (κ2) is 6.48. The standard InChI is InChI=1S/C16H22O2/c1-2-3-4-5-6-7-8-13-9-10-15-14(11-13)12-18-16(15)17/h9-12,17H,2-8H2,1H3. The maximum absolute atomic E-state index is 9.43. The van der Waals surface area contributed by atoms with E-state index in [9.17, 15) is 5.11 Å². The van der Waals surface area contributed by atoms with Crippen molar-refractivity contribution in [3.63, 3.8) is 0 Å². The summed E-state index contributed by atoms with van der Waals surface area (Å²) in [5, 5.41) is 11.2. The predicted molar refractivity (Wildman–Crippen MR) is 75.0 cm³/mol. The van der Waals surface area contributed by atoms with Gasteiger partial charge in [-0.1, -0.05) is 45.1 Å². The van der Waals surface area contributed by atoms with E-state index in [1.807, 2.05) is 6.07 Å². The molecule has 1 N–H and O–H groups in total. The molecule has 0 saturated carbocycles. The van der Waals surface area contributed by atoms with Gasteiger partial charge in [-0.25, -0.2) is 0 Å². The highest BCUT2D eigenvalue weighted by atomic mass is 16.5. The maximum atomic E-state index is 9.43. The largest absolute Gasteiger partial charge is 0.480 e. The smallest absolute Gasteiger partial charge is 0.289 e. The summed E-state index contributed by atoms with van der Waals surface area (Å²) in [6, 6.07) is 6.15. The number of unbranched alkanes of at least 4 members (excludes halogenated alkanes) is 5. The molecule has 2 nitrogen and oxygen atoms in total. The highest BCUT2D eigenvalue weighted by Crippen LogP contribution is 2.27. The van der Waals surface area contributed by atoms with Crippen LogP contribution in [0.3, 0.4) is 0 Å². The van der Waals surface area contributed by atoms with Crippen LogP contribution in [0, 0.1) is 0 Å². The lowest BCUT2D eigenvalue weighted by Crippen LogP contribution is -1.86. The van der Waals surface area contributed by atoms with Gasteiger partial charge in [0.15, 0.2) is 0 Å². The summed E-state index contributed by atoms with van der Waals surface area (Å²) in [6.07, 6.45) is 10.7. The first kappa shape index (κ1) is 13.0. The van der Waals surface area contributed by atoms with Crippen molar-refractivity contribution in [2.24, 2.45) is 0 Å². The molecule has 0 aliphatic rings. The third kappa shape index (κ3) is 3.28. The topological polar surface area (TPSA) is 33.4 Å². The van der Waals surface area contributed by atoms with E-state index >= 15 is 0 Å². The number of benzene rings is 1. The molecule has 98 valence electrons. The lowest BCUT2D eigenvalue weighted by atomic mass is 10.0. The van der Waals surface area contributed by atoms with Gasteiger partial charge in [0, 0.05) is 5.39 Å². The second-order valence-electron chi connectivity index (χ2n) is 4.98. The summed E-state index contributed by atoms with van der Waals surface area (Å²) in [5.74, 6) is 0.0242. The Morgan fingerprint density at radius 2 is 1.83 bits per heavy atom. The number of furan rings is 1. The van der Waals surface area contributed by atoms with Crippen LogP contribution in [-0.2, 0) is 6.42 Å². The van der Waals surface area contributed by atoms with Gasteiger partial charge in [0.25, 0.3) is 5.95 Å². The molecule has 0 fully saturated rings. The first-order valence-corrected chi connectivity index (χ1v) is 7.00. The van der Waals surface area contributed by atoms with Crippen LogP contribution in [0.1, 0.15) is 51.0 Å². The fourth-order valence-corrected chi connectivity index (χ4v) is 2.35. The van der Waals surface area contributed by atoms with Crippen molar-refractivity contribution in [1.82, 2.24) is 0 Å². The average Bonchev–Trinajstić information content (AvgIpc) is 2.75. The first-order chi connectivity index (χ1) is 8.81. The number of hydrogen-bond donors (Lipinski definition) is 1. The highest BCUT2D eigenvalue weighted by molar-refractivity contribution is 5.86. The summed E-state index contributed by atoms with van der Waals surface area (Å²) in [5.41, 5.74) is 1.33. The van der Waals surface area contributed by atoms with Gasteiger partial charge in [0.05, 0.1) is 5.39 Å². The van der Waals surface area contributed by atoms with Gasteiger partial charge in [0.2, 0.25) is 0 Å². The maximum Gasteiger partial charge on any atom is 0.289 e. The van der Waals surface area contributed by atoms with E-state index in [-0.39, 0.29) is 5.95 Å². The van der Waals surface area contributed by atoms with Crippen molar-refractivity contribution < 1.29 is 9.52 Å². The molecule has 0 radical (unpaired) electrons. The number of aromatic hydroxyl groups is 1. The van der Waals surface area contributed by atoms with E-state index in [0.29, 0.717) is 0 Å². The summed E-state index contributed by atoms with van der Waals surface area (Å²) in [4.78, 5) is 0. The lowest BCUT2D eigenvalue weighted by Gasteiger charge is -2.02. The molecule has 0 bridgehead atoms. The molecule has 1 aromatic carbocycles. The zero-order valence-electron chi connectivity index (χ0n) is 11.1. The van der Waals surface area contributed by atoms with E-state index in [2.05, 4.69) is 19.1 Å². The Bertz CT molecular complexity index is 485. The molecule has 0 aliphatic heterocycles. The van der Waals surface area contributed by atoms with E-state index in [4.69, 9.17) is 4.42 Å². The van der Waals surface area contributed by atoms with Crippen LogP contribution in [0.25, 0.3) is 10.8 Å². The zero-order valence-corrected chi connectivity index (χ0v) is 11.1. The molecule has 0 unspecified atom stereocenters. The van der Waals surface area contributed by atoms with Crippen LogP contribution in [0.4, 0.5) is 0 Å². The van der Waals surface area contributed by atoms with Gasteiger partial charge < -0.3 is 9.52 Å². The Hall–Kier alpha value is -1.44. The minimum atomic E-state index is 0.0242. The Morgan fingerprint density at radius 3 is 2.67 bits per heavy atom. The fourth-order valence-electron chi connectivity index (χ4n) is 2.35. The second-order valence-corrected chi connectivity index (χ2v) is 4.98. The van der Waals surface area contributed by atoms with Crippen LogP contribution in [-0.4, -0.2) is 5.11 Å². The molecule has 0 amide bonds. The summed E-state index contributed by atoms with van der Waals surface area (Å²) in [7, 11) is 0. The molecule has 0 spiro atoms. The highest BCUT2D eigenvalue weighted by Gasteiger charge is 2.04. The van der Waals surface area contributed by atoms with Gasteiger partial charge in [-0.05, 0) is 30.5 Å². The van der Waals surface area contributed by atoms with Crippen molar-refractivity contribution in [1.29, 1.82) is 0 Å². The van der Waals surface area contributed by atoms with Crippen molar-refractivity contribution in [2.45, 2.75) is 51.9 Å². The summed E-state index contributed by atoms with van der Waals surface area (Å²) in [6.45, 7) is 2.25. The Balaban J connectivity index is 1.81. The van der Waals surface area contributed by atoms with Crippen LogP contribution in [0.15, 0.2) is 28.9 Å². The SMILES string of the molecule is CCCCCCCCc1ccc2c(O)occ2c1. The molecular formula is C16H22O2. The predicted octanol–water partition coefficient (Wildman–Crippen LogP) is 5.04. The molecule has 1 aromatic heterocycles. The van der Waals surface area contributed by atoms with Crippen molar-refractivity contribution >= 4 is 10.8 Å². The Labute approximate surface area is 109 Å². The van der Waals surface area contributed by atoms with Gasteiger partial charge in [0.1, 0.15) is 6.26 Å². The third-order valence-corrected chi connectivity index (χ3v) is 3.46. The number of hydrogen-bond acceptors (Lipinski definition) is 2. The molecule has 0 atom stereocenters. The normalized spacial score (nSPS) is 11.2. The van der Waals surface area contributed by atoms with Crippen LogP contribution < -0.4 is 0 Å². The third-order valence-electron chi connectivity index (χ3n) is 3.46.